The number of oxazole rings is 1. The SMILES string of the molecule is COc1cccc(C(=O)Nc2cc(-c3nc4ccccc4o3)ccc2Cl)c1. The Morgan fingerprint density at radius 3 is 2.74 bits per heavy atom. The number of carbonyl (C=O) groups excluding carboxylic acids is 1. The molecule has 6 heteroatoms. The Labute approximate surface area is 160 Å². The first-order valence-electron chi connectivity index (χ1n) is 8.25. The van der Waals surface area contributed by atoms with E-state index in [0.717, 1.165) is 11.1 Å². The van der Waals surface area contributed by atoms with Crippen LogP contribution in [0.15, 0.2) is 71.1 Å². The number of aromatic nitrogens is 1. The number of hydrogen-bond donors (Lipinski definition) is 1. The average molecular weight is 379 g/mol. The second kappa shape index (κ2) is 7.13. The lowest BCUT2D eigenvalue weighted by molar-refractivity contribution is 0.102. The zero-order valence-electron chi connectivity index (χ0n) is 14.4. The lowest BCUT2D eigenvalue weighted by Gasteiger charge is -2.09. The van der Waals surface area contributed by atoms with Crippen molar-refractivity contribution in [1.29, 1.82) is 0 Å². The highest BCUT2D eigenvalue weighted by Gasteiger charge is 2.13. The number of fused-ring (bicyclic) bond motifs is 1. The standard InChI is InChI=1S/C21H15ClN2O3/c1-26-15-6-4-5-13(11-15)20(25)23-18-12-14(9-10-16(18)22)21-24-17-7-2-3-8-19(17)27-21/h2-12H,1H3,(H,23,25). The second-order valence-corrected chi connectivity index (χ2v) is 6.27. The smallest absolute Gasteiger partial charge is 0.255 e. The molecule has 0 spiro atoms. The first-order chi connectivity index (χ1) is 13.1. The molecule has 4 rings (SSSR count). The number of nitrogens with zero attached hydrogens (tertiary/aromatic N) is 1. The number of methoxy groups -OCH3 is 1. The predicted molar refractivity (Wildman–Crippen MR) is 105 cm³/mol. The van der Waals surface area contributed by atoms with Crippen LogP contribution in [0.2, 0.25) is 5.02 Å². The van der Waals surface area contributed by atoms with Crippen molar-refractivity contribution in [3.8, 4) is 17.2 Å². The molecule has 0 bridgehead atoms. The number of halogens is 1. The Balaban J connectivity index is 1.65. The van der Waals surface area contributed by atoms with Crippen molar-refractivity contribution in [2.75, 3.05) is 12.4 Å². The van der Waals surface area contributed by atoms with Crippen molar-refractivity contribution < 1.29 is 13.9 Å². The Hall–Kier alpha value is -3.31. The molecule has 27 heavy (non-hydrogen) atoms. The molecular weight excluding hydrogens is 364 g/mol. The fourth-order valence-corrected chi connectivity index (χ4v) is 2.87. The molecule has 1 heterocycles. The summed E-state index contributed by atoms with van der Waals surface area (Å²) in [7, 11) is 1.55. The van der Waals surface area contributed by atoms with Gasteiger partial charge in [0.2, 0.25) is 5.89 Å². The monoisotopic (exact) mass is 378 g/mol. The molecule has 0 radical (unpaired) electrons. The van der Waals surface area contributed by atoms with E-state index < -0.39 is 0 Å². The minimum atomic E-state index is -0.287. The summed E-state index contributed by atoms with van der Waals surface area (Å²) in [6.45, 7) is 0. The third kappa shape index (κ3) is 3.50. The molecule has 0 aliphatic carbocycles. The summed E-state index contributed by atoms with van der Waals surface area (Å²) in [6.07, 6.45) is 0. The first-order valence-corrected chi connectivity index (χ1v) is 8.63. The summed E-state index contributed by atoms with van der Waals surface area (Å²) in [4.78, 5) is 17.0. The summed E-state index contributed by atoms with van der Waals surface area (Å²) in [6, 6.07) is 19.7. The van der Waals surface area contributed by atoms with Crippen molar-refractivity contribution in [1.82, 2.24) is 4.98 Å². The summed E-state index contributed by atoms with van der Waals surface area (Å²) >= 11 is 6.26. The number of nitrogens with one attached hydrogen (secondary N) is 1. The van der Waals surface area contributed by atoms with E-state index in [2.05, 4.69) is 10.3 Å². The van der Waals surface area contributed by atoms with Crippen molar-refractivity contribution in [2.45, 2.75) is 0 Å². The molecule has 1 amide bonds. The number of para-hydroxylation sites is 2. The van der Waals surface area contributed by atoms with Gasteiger partial charge in [-0.05, 0) is 48.5 Å². The van der Waals surface area contributed by atoms with E-state index in [9.17, 15) is 4.79 Å². The Kier molecular flexibility index (Phi) is 4.52. The van der Waals surface area contributed by atoms with Crippen LogP contribution in [0.25, 0.3) is 22.6 Å². The van der Waals surface area contributed by atoms with Crippen molar-refractivity contribution in [2.24, 2.45) is 0 Å². The van der Waals surface area contributed by atoms with Crippen LogP contribution in [0, 0.1) is 0 Å². The van der Waals surface area contributed by atoms with Gasteiger partial charge in [-0.2, -0.15) is 0 Å². The number of rotatable bonds is 4. The van der Waals surface area contributed by atoms with E-state index >= 15 is 0 Å². The molecule has 0 aliphatic heterocycles. The van der Waals surface area contributed by atoms with Gasteiger partial charge in [0.05, 0.1) is 17.8 Å². The number of ether oxygens (including phenoxy) is 1. The van der Waals surface area contributed by atoms with Gasteiger partial charge >= 0.3 is 0 Å². The van der Waals surface area contributed by atoms with Gasteiger partial charge in [-0.25, -0.2) is 4.98 Å². The highest BCUT2D eigenvalue weighted by Crippen LogP contribution is 2.30. The van der Waals surface area contributed by atoms with E-state index in [0.29, 0.717) is 33.5 Å². The maximum Gasteiger partial charge on any atom is 0.255 e. The summed E-state index contributed by atoms with van der Waals surface area (Å²) in [5.41, 5.74) is 3.13. The highest BCUT2D eigenvalue weighted by atomic mass is 35.5. The number of hydrogen-bond acceptors (Lipinski definition) is 4. The van der Waals surface area contributed by atoms with Crippen molar-refractivity contribution in [3.63, 3.8) is 0 Å². The molecule has 0 fully saturated rings. The first kappa shape index (κ1) is 17.1. The zero-order valence-corrected chi connectivity index (χ0v) is 15.2. The van der Waals surface area contributed by atoms with Gasteiger partial charge < -0.3 is 14.5 Å². The van der Waals surface area contributed by atoms with Gasteiger partial charge in [-0.15, -0.1) is 0 Å². The fourth-order valence-electron chi connectivity index (χ4n) is 2.71. The number of carbonyl (C=O) groups is 1. The quantitative estimate of drug-likeness (QED) is 0.515. The molecule has 0 saturated carbocycles. The van der Waals surface area contributed by atoms with Crippen molar-refractivity contribution >= 4 is 34.3 Å². The average Bonchev–Trinajstić information content (AvgIpc) is 3.14. The molecule has 5 nitrogen and oxygen atoms in total. The van der Waals surface area contributed by atoms with Crippen LogP contribution < -0.4 is 10.1 Å². The van der Waals surface area contributed by atoms with Gasteiger partial charge in [0, 0.05) is 11.1 Å². The zero-order chi connectivity index (χ0) is 18.8. The van der Waals surface area contributed by atoms with Gasteiger partial charge in [-0.3, -0.25) is 4.79 Å². The molecule has 1 aromatic heterocycles. The van der Waals surface area contributed by atoms with Crippen LogP contribution in [0.5, 0.6) is 5.75 Å². The molecule has 0 aliphatic rings. The van der Waals surface area contributed by atoms with Crippen molar-refractivity contribution in [3.05, 3.63) is 77.3 Å². The van der Waals surface area contributed by atoms with Gasteiger partial charge in [-0.1, -0.05) is 29.8 Å². The van der Waals surface area contributed by atoms with Crippen LogP contribution in [-0.4, -0.2) is 18.0 Å². The third-order valence-electron chi connectivity index (χ3n) is 4.09. The van der Waals surface area contributed by atoms with E-state index in [-0.39, 0.29) is 5.91 Å². The molecule has 134 valence electrons. The molecule has 3 aromatic carbocycles. The van der Waals surface area contributed by atoms with E-state index in [1.807, 2.05) is 24.3 Å². The van der Waals surface area contributed by atoms with Crippen LogP contribution in [-0.2, 0) is 0 Å². The molecule has 0 atom stereocenters. The predicted octanol–water partition coefficient (Wildman–Crippen LogP) is 5.41. The maximum atomic E-state index is 12.6. The molecule has 4 aromatic rings. The topological polar surface area (TPSA) is 64.4 Å². The van der Waals surface area contributed by atoms with E-state index in [1.54, 1.807) is 49.6 Å². The maximum absolute atomic E-state index is 12.6. The van der Waals surface area contributed by atoms with Crippen LogP contribution >= 0.6 is 11.6 Å². The lowest BCUT2D eigenvalue weighted by atomic mass is 10.1. The molecule has 0 unspecified atom stereocenters. The minimum absolute atomic E-state index is 0.287. The number of anilines is 1. The number of benzene rings is 3. The minimum Gasteiger partial charge on any atom is -0.497 e. The van der Waals surface area contributed by atoms with Gasteiger partial charge in [0.1, 0.15) is 11.3 Å². The normalized spacial score (nSPS) is 10.7. The third-order valence-corrected chi connectivity index (χ3v) is 4.42. The van der Waals surface area contributed by atoms with E-state index in [4.69, 9.17) is 20.8 Å². The van der Waals surface area contributed by atoms with E-state index in [1.165, 1.54) is 0 Å². The van der Waals surface area contributed by atoms with Crippen LogP contribution in [0.4, 0.5) is 5.69 Å². The second-order valence-electron chi connectivity index (χ2n) is 5.87. The highest BCUT2D eigenvalue weighted by molar-refractivity contribution is 6.34. The Morgan fingerprint density at radius 2 is 1.93 bits per heavy atom. The number of amides is 1. The fraction of sp³-hybridized carbons (Fsp3) is 0.0476. The van der Waals surface area contributed by atoms with Gasteiger partial charge in [0.15, 0.2) is 5.58 Å². The van der Waals surface area contributed by atoms with Gasteiger partial charge in [0.25, 0.3) is 5.91 Å². The largest absolute Gasteiger partial charge is 0.497 e. The Morgan fingerprint density at radius 1 is 1.07 bits per heavy atom. The van der Waals surface area contributed by atoms with Crippen LogP contribution in [0.1, 0.15) is 10.4 Å². The summed E-state index contributed by atoms with van der Waals surface area (Å²) in [5.74, 6) is 0.782. The molecule has 0 saturated heterocycles. The summed E-state index contributed by atoms with van der Waals surface area (Å²) in [5, 5.41) is 3.25. The lowest BCUT2D eigenvalue weighted by Crippen LogP contribution is -2.12. The summed E-state index contributed by atoms with van der Waals surface area (Å²) < 4.78 is 10.9. The molecular formula is C21H15ClN2O3. The van der Waals surface area contributed by atoms with Crippen LogP contribution in [0.3, 0.4) is 0 Å². The molecule has 1 N–H and O–H groups in total. The Bertz CT molecular complexity index is 1100.